The van der Waals surface area contributed by atoms with E-state index >= 15 is 0 Å². The third-order valence-electron chi connectivity index (χ3n) is 5.16. The zero-order chi connectivity index (χ0) is 24.5. The van der Waals surface area contributed by atoms with E-state index in [9.17, 15) is 14.4 Å². The second-order valence-corrected chi connectivity index (χ2v) is 8.64. The van der Waals surface area contributed by atoms with Gasteiger partial charge < -0.3 is 19.2 Å². The molecule has 0 fully saturated rings. The van der Waals surface area contributed by atoms with Crippen LogP contribution in [-0.2, 0) is 19.1 Å². The van der Waals surface area contributed by atoms with Crippen molar-refractivity contribution in [3.05, 3.63) is 77.9 Å². The Morgan fingerprint density at radius 3 is 2.26 bits per heavy atom. The largest absolute Gasteiger partial charge is 0.462 e. The second-order valence-electron chi connectivity index (χ2n) is 8.64. The van der Waals surface area contributed by atoms with Crippen LogP contribution in [0.15, 0.2) is 72.3 Å². The number of hydrogen-bond donors (Lipinski definition) is 1. The lowest BCUT2D eigenvalue weighted by Crippen LogP contribution is -2.27. The number of nitrogens with zero attached hydrogens (tertiary/aromatic N) is 1. The number of aromatic nitrogens is 1. The van der Waals surface area contributed by atoms with Crippen molar-refractivity contribution >= 4 is 34.8 Å². The highest BCUT2D eigenvalue weighted by molar-refractivity contribution is 6.38. The van der Waals surface area contributed by atoms with E-state index < -0.39 is 5.91 Å². The highest BCUT2D eigenvalue weighted by Gasteiger charge is 2.41. The summed E-state index contributed by atoms with van der Waals surface area (Å²) in [5.74, 6) is 0.477. The SMILES string of the molecule is CC(C)(C)OC=O.CN1C(=O)C(C2=COc3ccccc3O2)=C(c2c[nH]c3ccccc23)C1=O. The van der Waals surface area contributed by atoms with Gasteiger partial charge in [-0.1, -0.05) is 30.3 Å². The Morgan fingerprint density at radius 2 is 1.59 bits per heavy atom. The van der Waals surface area contributed by atoms with Crippen molar-refractivity contribution in [3.8, 4) is 11.5 Å². The smallest absolute Gasteiger partial charge is 0.293 e. The summed E-state index contributed by atoms with van der Waals surface area (Å²) in [4.78, 5) is 39.5. The Bertz CT molecular complexity index is 1340. The van der Waals surface area contributed by atoms with Crippen LogP contribution in [0.4, 0.5) is 0 Å². The van der Waals surface area contributed by atoms with Gasteiger partial charge in [0.15, 0.2) is 17.3 Å². The number of likely N-dealkylation sites (N-methyl/N-ethyl adjacent to an activating group) is 1. The summed E-state index contributed by atoms with van der Waals surface area (Å²) < 4.78 is 16.0. The highest BCUT2D eigenvalue weighted by atomic mass is 16.6. The van der Waals surface area contributed by atoms with Gasteiger partial charge in [0.2, 0.25) is 0 Å². The van der Waals surface area contributed by atoms with Crippen LogP contribution in [0.1, 0.15) is 26.3 Å². The summed E-state index contributed by atoms with van der Waals surface area (Å²) in [5.41, 5.74) is 1.72. The molecule has 0 saturated heterocycles. The number of aromatic amines is 1. The summed E-state index contributed by atoms with van der Waals surface area (Å²) >= 11 is 0. The van der Waals surface area contributed by atoms with Crippen molar-refractivity contribution in [2.24, 2.45) is 0 Å². The van der Waals surface area contributed by atoms with Crippen LogP contribution in [0.2, 0.25) is 0 Å². The molecule has 2 aliphatic heterocycles. The van der Waals surface area contributed by atoms with Crippen molar-refractivity contribution in [1.82, 2.24) is 9.88 Å². The molecule has 1 aromatic heterocycles. The lowest BCUT2D eigenvalue weighted by molar-refractivity contribution is -0.139. The van der Waals surface area contributed by atoms with Gasteiger partial charge in [0, 0.05) is 29.7 Å². The minimum absolute atomic E-state index is 0.196. The van der Waals surface area contributed by atoms with E-state index in [2.05, 4.69) is 9.72 Å². The monoisotopic (exact) mass is 460 g/mol. The Labute approximate surface area is 196 Å². The second kappa shape index (κ2) is 8.90. The number of H-pyrrole nitrogens is 1. The first-order valence-electron chi connectivity index (χ1n) is 10.6. The van der Waals surface area contributed by atoms with Gasteiger partial charge >= 0.3 is 0 Å². The van der Waals surface area contributed by atoms with Crippen molar-refractivity contribution in [2.75, 3.05) is 7.05 Å². The van der Waals surface area contributed by atoms with Gasteiger partial charge in [-0.15, -0.1) is 0 Å². The number of hydrogen-bond acceptors (Lipinski definition) is 6. The number of fused-ring (bicyclic) bond motifs is 2. The fourth-order valence-electron chi connectivity index (χ4n) is 3.54. The van der Waals surface area contributed by atoms with Crippen LogP contribution in [0.25, 0.3) is 16.5 Å². The molecule has 34 heavy (non-hydrogen) atoms. The van der Waals surface area contributed by atoms with Crippen LogP contribution < -0.4 is 9.47 Å². The zero-order valence-corrected chi connectivity index (χ0v) is 19.2. The zero-order valence-electron chi connectivity index (χ0n) is 19.2. The van der Waals surface area contributed by atoms with Gasteiger partial charge in [-0.05, 0) is 39.0 Å². The molecule has 2 amide bonds. The summed E-state index contributed by atoms with van der Waals surface area (Å²) in [6, 6.07) is 14.8. The predicted octanol–water partition coefficient (Wildman–Crippen LogP) is 4.19. The van der Waals surface area contributed by atoms with E-state index in [0.717, 1.165) is 15.8 Å². The minimum atomic E-state index is -0.422. The molecule has 1 N–H and O–H groups in total. The van der Waals surface area contributed by atoms with E-state index in [1.165, 1.54) is 13.3 Å². The molecule has 0 spiro atoms. The van der Waals surface area contributed by atoms with E-state index in [-0.39, 0.29) is 22.8 Å². The molecule has 0 radical (unpaired) electrons. The Balaban J connectivity index is 0.000000344. The first-order valence-corrected chi connectivity index (χ1v) is 10.6. The molecule has 2 aliphatic rings. The van der Waals surface area contributed by atoms with Gasteiger partial charge in [-0.25, -0.2) is 0 Å². The maximum atomic E-state index is 12.9. The summed E-state index contributed by atoms with van der Waals surface area (Å²) in [5, 5.41) is 0.860. The number of para-hydroxylation sites is 3. The van der Waals surface area contributed by atoms with Crippen molar-refractivity contribution in [1.29, 1.82) is 0 Å². The molecule has 5 rings (SSSR count). The Morgan fingerprint density at radius 1 is 0.941 bits per heavy atom. The number of ether oxygens (including phenoxy) is 3. The van der Waals surface area contributed by atoms with Gasteiger partial charge in [-0.2, -0.15) is 0 Å². The molecular formula is C26H24N2O6. The lowest BCUT2D eigenvalue weighted by Gasteiger charge is -2.18. The molecule has 2 aromatic carbocycles. The minimum Gasteiger partial charge on any atom is -0.462 e. The van der Waals surface area contributed by atoms with Crippen LogP contribution in [0.5, 0.6) is 11.5 Å². The van der Waals surface area contributed by atoms with Crippen LogP contribution in [0.3, 0.4) is 0 Å². The molecule has 3 aromatic rings. The summed E-state index contributed by atoms with van der Waals surface area (Å²) in [7, 11) is 1.46. The molecule has 8 nitrogen and oxygen atoms in total. The number of carbonyl (C=O) groups excluding carboxylic acids is 3. The number of carbonyl (C=O) groups is 3. The summed E-state index contributed by atoms with van der Waals surface area (Å²) in [6.07, 6.45) is 3.11. The van der Waals surface area contributed by atoms with Gasteiger partial charge in [0.05, 0.1) is 11.1 Å². The fourth-order valence-corrected chi connectivity index (χ4v) is 3.54. The first kappa shape index (κ1) is 22.8. The number of nitrogens with one attached hydrogen (secondary N) is 1. The maximum absolute atomic E-state index is 12.9. The molecule has 3 heterocycles. The molecule has 0 bridgehead atoms. The molecule has 174 valence electrons. The van der Waals surface area contributed by atoms with Gasteiger partial charge in [-0.3, -0.25) is 19.3 Å². The molecular weight excluding hydrogens is 436 g/mol. The van der Waals surface area contributed by atoms with E-state index in [4.69, 9.17) is 9.47 Å². The van der Waals surface area contributed by atoms with Gasteiger partial charge in [0.25, 0.3) is 18.3 Å². The van der Waals surface area contributed by atoms with Crippen LogP contribution >= 0.6 is 0 Å². The van der Waals surface area contributed by atoms with Crippen molar-refractivity contribution in [2.45, 2.75) is 26.4 Å². The normalized spacial score (nSPS) is 15.2. The van der Waals surface area contributed by atoms with Crippen molar-refractivity contribution < 1.29 is 28.6 Å². The van der Waals surface area contributed by atoms with E-state index in [0.29, 0.717) is 29.1 Å². The Hall–Kier alpha value is -4.33. The third-order valence-corrected chi connectivity index (χ3v) is 5.16. The number of amides is 2. The molecule has 0 atom stereocenters. The van der Waals surface area contributed by atoms with E-state index in [1.54, 1.807) is 18.3 Å². The summed E-state index contributed by atoms with van der Waals surface area (Å²) in [6.45, 7) is 5.92. The lowest BCUT2D eigenvalue weighted by atomic mass is 10.00. The standard InChI is InChI=1S/C21H14N2O4.C5H10O2/c1-23-20(24)18(13-10-22-14-7-3-2-6-12(13)14)19(21(23)25)17-11-26-15-8-4-5-9-16(15)27-17;1-5(2,3)7-4-6/h2-11,22H,1H3;4H,1-3H3. The van der Waals surface area contributed by atoms with E-state index in [1.807, 2.05) is 57.2 Å². The average molecular weight is 460 g/mol. The third kappa shape index (κ3) is 4.30. The molecule has 0 unspecified atom stereocenters. The quantitative estimate of drug-likeness (QED) is 0.465. The average Bonchev–Trinajstić information content (AvgIpc) is 3.33. The molecule has 0 aliphatic carbocycles. The number of imide groups is 1. The van der Waals surface area contributed by atoms with Gasteiger partial charge in [0.1, 0.15) is 11.9 Å². The van der Waals surface area contributed by atoms with Crippen LogP contribution in [-0.4, -0.2) is 40.8 Å². The predicted molar refractivity (Wildman–Crippen MR) is 126 cm³/mol. The molecule has 8 heteroatoms. The number of rotatable bonds is 3. The Kier molecular flexibility index (Phi) is 5.98. The van der Waals surface area contributed by atoms with Crippen LogP contribution in [0, 0.1) is 0 Å². The topological polar surface area (TPSA) is 97.9 Å². The highest BCUT2D eigenvalue weighted by Crippen LogP contribution is 2.40. The fraction of sp³-hybridized carbons (Fsp3) is 0.192. The first-order chi connectivity index (χ1) is 16.2. The molecule has 0 saturated carbocycles. The van der Waals surface area contributed by atoms with Crippen molar-refractivity contribution in [3.63, 3.8) is 0 Å². The number of benzene rings is 2. The maximum Gasteiger partial charge on any atom is 0.293 e.